The Hall–Kier alpha value is -2.82. The number of carbonyl (C=O) groups is 1. The Kier molecular flexibility index (Phi) is 4.60. The molecule has 6 nitrogen and oxygen atoms in total. The van der Waals surface area contributed by atoms with Crippen LogP contribution in [-0.4, -0.2) is 16.7 Å². The first-order chi connectivity index (χ1) is 13.0. The minimum atomic E-state index is -1.51. The molecule has 0 aromatic heterocycles. The monoisotopic (exact) mass is 400 g/mol. The van der Waals surface area contributed by atoms with Gasteiger partial charge in [0, 0.05) is 23.6 Å². The molecule has 2 aromatic rings. The van der Waals surface area contributed by atoms with E-state index in [-0.39, 0.29) is 11.8 Å². The molecule has 2 aliphatic heterocycles. The van der Waals surface area contributed by atoms with E-state index in [4.69, 9.17) is 26.3 Å². The average Bonchev–Trinajstić information content (AvgIpc) is 3.00. The zero-order valence-electron chi connectivity index (χ0n) is 13.9. The fourth-order valence-electron chi connectivity index (χ4n) is 3.10. The molecule has 4 rings (SSSR count). The average molecular weight is 401 g/mol. The van der Waals surface area contributed by atoms with Gasteiger partial charge in [-0.05, 0) is 30.7 Å². The number of ether oxygens (including phenoxy) is 2. The van der Waals surface area contributed by atoms with Crippen LogP contribution < -0.4 is 14.2 Å². The number of rotatable bonds is 3. The molecular formula is C19H13ClN2O4S. The van der Waals surface area contributed by atoms with Crippen LogP contribution in [0.5, 0.6) is 17.2 Å². The van der Waals surface area contributed by atoms with Gasteiger partial charge < -0.3 is 9.47 Å². The second kappa shape index (κ2) is 7.06. The molecule has 2 aromatic carbocycles. The van der Waals surface area contributed by atoms with Crippen molar-refractivity contribution in [1.82, 2.24) is 4.72 Å². The third-order valence-electron chi connectivity index (χ3n) is 4.34. The zero-order valence-corrected chi connectivity index (χ0v) is 15.5. The predicted molar refractivity (Wildman–Crippen MR) is 99.9 cm³/mol. The number of nitrogens with zero attached hydrogens (tertiary/aromatic N) is 1. The summed E-state index contributed by atoms with van der Waals surface area (Å²) in [4.78, 5) is 12.1. The van der Waals surface area contributed by atoms with E-state index in [9.17, 15) is 9.00 Å². The molecule has 136 valence electrons. The molecule has 0 fully saturated rings. The predicted octanol–water partition coefficient (Wildman–Crippen LogP) is 3.55. The lowest BCUT2D eigenvalue weighted by atomic mass is 9.92. The molecule has 0 aliphatic carbocycles. The third kappa shape index (κ3) is 3.42. The molecule has 2 unspecified atom stereocenters. The summed E-state index contributed by atoms with van der Waals surface area (Å²) in [6, 6.07) is 12.2. The number of nitriles is 1. The van der Waals surface area contributed by atoms with Gasteiger partial charge in [-0.3, -0.25) is 9.52 Å². The van der Waals surface area contributed by atoms with Gasteiger partial charge in [0.2, 0.25) is 0 Å². The number of benzene rings is 2. The highest BCUT2D eigenvalue weighted by Crippen LogP contribution is 2.42. The van der Waals surface area contributed by atoms with Crippen LogP contribution in [0.4, 0.5) is 0 Å². The first kappa shape index (κ1) is 17.6. The summed E-state index contributed by atoms with van der Waals surface area (Å²) in [6.07, 6.45) is 2.04. The van der Waals surface area contributed by atoms with Gasteiger partial charge in [-0.2, -0.15) is 5.26 Å². The zero-order chi connectivity index (χ0) is 19.0. The maximum atomic E-state index is 12.1. The Bertz CT molecular complexity index is 1040. The normalized spacial score (nSPS) is 20.7. The molecule has 2 aliphatic rings. The molecule has 0 spiro atoms. The first-order valence-electron chi connectivity index (χ1n) is 8.13. The Morgan fingerprint density at radius 2 is 2.15 bits per heavy atom. The SMILES string of the molecule is N#Cc1ccc(Oc2ccc3c(c2)OCCC3C2=CC(=O)NS2=O)c(Cl)c1. The Labute approximate surface area is 162 Å². The highest BCUT2D eigenvalue weighted by molar-refractivity contribution is 7.88. The standard InChI is InChI=1S/C19H13ClN2O4S/c20-15-7-11(10-21)1-4-16(15)26-12-2-3-13-14(5-6-25-17(13)8-12)18-9-19(23)22-27(18)24/h1-4,7-9,14H,5-6H2,(H,22,23). The van der Waals surface area contributed by atoms with E-state index < -0.39 is 11.0 Å². The fraction of sp³-hybridized carbons (Fsp3) is 0.158. The molecule has 0 radical (unpaired) electrons. The molecule has 1 amide bonds. The third-order valence-corrected chi connectivity index (χ3v) is 5.85. The molecular weight excluding hydrogens is 388 g/mol. The van der Waals surface area contributed by atoms with Crippen molar-refractivity contribution in [3.05, 3.63) is 63.5 Å². The van der Waals surface area contributed by atoms with E-state index in [1.54, 1.807) is 24.3 Å². The molecule has 0 saturated heterocycles. The number of hydrogen-bond donors (Lipinski definition) is 1. The Balaban J connectivity index is 1.62. The number of hydrogen-bond acceptors (Lipinski definition) is 5. The van der Waals surface area contributed by atoms with Gasteiger partial charge in [-0.15, -0.1) is 0 Å². The number of nitrogens with one attached hydrogen (secondary N) is 1. The highest BCUT2D eigenvalue weighted by Gasteiger charge is 2.32. The van der Waals surface area contributed by atoms with Crippen molar-refractivity contribution < 1.29 is 18.5 Å². The van der Waals surface area contributed by atoms with Gasteiger partial charge in [0.25, 0.3) is 5.91 Å². The van der Waals surface area contributed by atoms with Gasteiger partial charge >= 0.3 is 0 Å². The molecule has 0 saturated carbocycles. The number of fused-ring (bicyclic) bond motifs is 1. The maximum absolute atomic E-state index is 12.1. The lowest BCUT2D eigenvalue weighted by Gasteiger charge is -2.26. The number of amides is 1. The summed E-state index contributed by atoms with van der Waals surface area (Å²) in [5.41, 5.74) is 1.31. The first-order valence-corrected chi connectivity index (χ1v) is 9.66. The number of halogens is 1. The van der Waals surface area contributed by atoms with Crippen LogP contribution in [0.15, 0.2) is 47.4 Å². The summed E-state index contributed by atoms with van der Waals surface area (Å²) < 4.78 is 26.0. The van der Waals surface area contributed by atoms with Crippen molar-refractivity contribution in [1.29, 1.82) is 5.26 Å². The van der Waals surface area contributed by atoms with E-state index in [0.717, 1.165) is 5.56 Å². The Morgan fingerprint density at radius 3 is 2.85 bits per heavy atom. The minimum Gasteiger partial charge on any atom is -0.493 e. The second-order valence-electron chi connectivity index (χ2n) is 6.03. The Morgan fingerprint density at radius 1 is 1.30 bits per heavy atom. The van der Waals surface area contributed by atoms with Gasteiger partial charge in [0.05, 0.1) is 28.2 Å². The van der Waals surface area contributed by atoms with E-state index in [2.05, 4.69) is 4.72 Å². The molecule has 1 N–H and O–H groups in total. The highest BCUT2D eigenvalue weighted by atomic mass is 35.5. The van der Waals surface area contributed by atoms with E-state index in [0.29, 0.717) is 45.8 Å². The van der Waals surface area contributed by atoms with Crippen LogP contribution in [0.2, 0.25) is 5.02 Å². The van der Waals surface area contributed by atoms with Crippen LogP contribution in [0, 0.1) is 11.3 Å². The summed E-state index contributed by atoms with van der Waals surface area (Å²) in [7, 11) is -1.51. The molecule has 2 heterocycles. The number of allylic oxidation sites excluding steroid dienone is 1. The van der Waals surface area contributed by atoms with Crippen molar-refractivity contribution in [2.24, 2.45) is 0 Å². The van der Waals surface area contributed by atoms with Gasteiger partial charge in [0.15, 0.2) is 0 Å². The largest absolute Gasteiger partial charge is 0.493 e. The maximum Gasteiger partial charge on any atom is 0.256 e. The van der Waals surface area contributed by atoms with Crippen LogP contribution in [0.1, 0.15) is 23.5 Å². The van der Waals surface area contributed by atoms with Gasteiger partial charge in [-0.1, -0.05) is 17.7 Å². The molecule has 0 bridgehead atoms. The van der Waals surface area contributed by atoms with Gasteiger partial charge in [0.1, 0.15) is 28.2 Å². The lowest BCUT2D eigenvalue weighted by molar-refractivity contribution is -0.114. The van der Waals surface area contributed by atoms with Crippen molar-refractivity contribution in [3.63, 3.8) is 0 Å². The van der Waals surface area contributed by atoms with Crippen LogP contribution >= 0.6 is 11.6 Å². The summed E-state index contributed by atoms with van der Waals surface area (Å²) in [5, 5.41) is 9.24. The molecule has 2 atom stereocenters. The van der Waals surface area contributed by atoms with Crippen molar-refractivity contribution >= 4 is 28.5 Å². The van der Waals surface area contributed by atoms with Crippen LogP contribution in [-0.2, 0) is 15.8 Å². The van der Waals surface area contributed by atoms with Gasteiger partial charge in [-0.25, -0.2) is 4.21 Å². The quantitative estimate of drug-likeness (QED) is 0.851. The van der Waals surface area contributed by atoms with Crippen LogP contribution in [0.3, 0.4) is 0 Å². The van der Waals surface area contributed by atoms with Crippen molar-refractivity contribution in [3.8, 4) is 23.3 Å². The summed E-state index contributed by atoms with van der Waals surface area (Å²) in [5.74, 6) is 1.08. The van der Waals surface area contributed by atoms with E-state index >= 15 is 0 Å². The second-order valence-corrected chi connectivity index (χ2v) is 7.65. The smallest absolute Gasteiger partial charge is 0.256 e. The van der Waals surface area contributed by atoms with Crippen molar-refractivity contribution in [2.75, 3.05) is 6.61 Å². The minimum absolute atomic E-state index is 0.152. The topological polar surface area (TPSA) is 88.4 Å². The van der Waals surface area contributed by atoms with E-state index in [1.165, 1.54) is 12.1 Å². The fourth-order valence-corrected chi connectivity index (χ4v) is 4.40. The van der Waals surface area contributed by atoms with E-state index in [1.807, 2.05) is 12.1 Å². The molecule has 8 heteroatoms. The molecule has 27 heavy (non-hydrogen) atoms. The van der Waals surface area contributed by atoms with Crippen molar-refractivity contribution in [2.45, 2.75) is 12.3 Å². The van der Waals surface area contributed by atoms with Crippen LogP contribution in [0.25, 0.3) is 0 Å². The lowest BCUT2D eigenvalue weighted by Crippen LogP contribution is -2.21. The summed E-state index contributed by atoms with van der Waals surface area (Å²) in [6.45, 7) is 0.446. The number of carbonyl (C=O) groups excluding carboxylic acids is 1. The summed E-state index contributed by atoms with van der Waals surface area (Å²) >= 11 is 6.15.